The molecule has 0 unspecified atom stereocenters. The molecule has 0 aliphatic carbocycles. The van der Waals surface area contributed by atoms with E-state index in [1.807, 2.05) is 30.3 Å². The van der Waals surface area contributed by atoms with E-state index in [1.54, 1.807) is 13.4 Å². The minimum Gasteiger partial charge on any atom is -0.497 e. The monoisotopic (exact) mass is 231 g/mol. The van der Waals surface area contributed by atoms with E-state index in [-0.39, 0.29) is 6.04 Å². The van der Waals surface area contributed by atoms with E-state index in [0.29, 0.717) is 0 Å². The second-order valence-electron chi connectivity index (χ2n) is 3.96. The van der Waals surface area contributed by atoms with Crippen molar-refractivity contribution in [2.24, 2.45) is 0 Å². The molecule has 0 bridgehead atoms. The molecule has 2 rings (SSSR count). The van der Waals surface area contributed by atoms with E-state index in [9.17, 15) is 0 Å². The molecule has 1 N–H and O–H groups in total. The van der Waals surface area contributed by atoms with Crippen LogP contribution in [-0.2, 0) is 6.54 Å². The molecule has 0 aliphatic rings. The predicted molar refractivity (Wildman–Crippen MR) is 67.0 cm³/mol. The summed E-state index contributed by atoms with van der Waals surface area (Å²) in [7, 11) is 1.68. The molecule has 0 spiro atoms. The van der Waals surface area contributed by atoms with Crippen LogP contribution < -0.4 is 10.1 Å². The van der Waals surface area contributed by atoms with E-state index < -0.39 is 0 Å². The lowest BCUT2D eigenvalue weighted by Crippen LogP contribution is -2.17. The van der Waals surface area contributed by atoms with E-state index >= 15 is 0 Å². The summed E-state index contributed by atoms with van der Waals surface area (Å²) in [5.41, 5.74) is 1.20. The molecular weight excluding hydrogens is 214 g/mol. The summed E-state index contributed by atoms with van der Waals surface area (Å²) in [5.74, 6) is 1.83. The van der Waals surface area contributed by atoms with Crippen molar-refractivity contribution in [2.45, 2.75) is 19.5 Å². The Labute approximate surface area is 101 Å². The maximum Gasteiger partial charge on any atom is 0.119 e. The standard InChI is InChI=1S/C14H17NO2/c1-11(15-10-14-7-4-8-17-14)12-5-3-6-13(9-12)16-2/h3-9,11,15H,10H2,1-2H3/t11-/m1/s1. The van der Waals surface area contributed by atoms with Gasteiger partial charge in [-0.3, -0.25) is 0 Å². The smallest absolute Gasteiger partial charge is 0.119 e. The van der Waals surface area contributed by atoms with Gasteiger partial charge in [0.2, 0.25) is 0 Å². The zero-order valence-corrected chi connectivity index (χ0v) is 10.1. The molecule has 0 radical (unpaired) electrons. The number of rotatable bonds is 5. The van der Waals surface area contributed by atoms with Crippen LogP contribution >= 0.6 is 0 Å². The number of nitrogens with one attached hydrogen (secondary N) is 1. The molecule has 1 heterocycles. The maximum absolute atomic E-state index is 5.28. The summed E-state index contributed by atoms with van der Waals surface area (Å²) >= 11 is 0. The van der Waals surface area contributed by atoms with Crippen molar-refractivity contribution in [1.82, 2.24) is 5.32 Å². The minimum atomic E-state index is 0.259. The van der Waals surface area contributed by atoms with Crippen LogP contribution in [0.3, 0.4) is 0 Å². The molecule has 3 nitrogen and oxygen atoms in total. The second-order valence-corrected chi connectivity index (χ2v) is 3.96. The van der Waals surface area contributed by atoms with Crippen LogP contribution in [0, 0.1) is 0 Å². The molecule has 17 heavy (non-hydrogen) atoms. The van der Waals surface area contributed by atoms with Gasteiger partial charge in [0, 0.05) is 6.04 Å². The molecule has 1 atom stereocenters. The van der Waals surface area contributed by atoms with E-state index in [1.165, 1.54) is 5.56 Å². The van der Waals surface area contributed by atoms with E-state index in [0.717, 1.165) is 18.1 Å². The third-order valence-electron chi connectivity index (χ3n) is 2.76. The average Bonchev–Trinajstić information content (AvgIpc) is 2.89. The zero-order valence-electron chi connectivity index (χ0n) is 10.1. The molecular formula is C14H17NO2. The largest absolute Gasteiger partial charge is 0.497 e. The van der Waals surface area contributed by atoms with Crippen molar-refractivity contribution < 1.29 is 9.15 Å². The summed E-state index contributed by atoms with van der Waals surface area (Å²) in [4.78, 5) is 0. The summed E-state index contributed by atoms with van der Waals surface area (Å²) < 4.78 is 10.5. The van der Waals surface area contributed by atoms with Gasteiger partial charge in [0.05, 0.1) is 19.9 Å². The lowest BCUT2D eigenvalue weighted by molar-refractivity contribution is 0.412. The zero-order chi connectivity index (χ0) is 12.1. The molecule has 1 aromatic heterocycles. The SMILES string of the molecule is COc1cccc([C@@H](C)NCc2ccco2)c1. The molecule has 0 saturated carbocycles. The summed E-state index contributed by atoms with van der Waals surface area (Å²) in [6, 6.07) is 12.2. The molecule has 2 aromatic rings. The second kappa shape index (κ2) is 5.55. The van der Waals surface area contributed by atoms with Crippen LogP contribution in [0.15, 0.2) is 47.1 Å². The molecule has 1 aromatic carbocycles. The highest BCUT2D eigenvalue weighted by Crippen LogP contribution is 2.19. The van der Waals surface area contributed by atoms with Crippen molar-refractivity contribution in [3.05, 3.63) is 54.0 Å². The normalized spacial score (nSPS) is 12.4. The van der Waals surface area contributed by atoms with E-state index in [2.05, 4.69) is 18.3 Å². The van der Waals surface area contributed by atoms with Crippen molar-refractivity contribution in [1.29, 1.82) is 0 Å². The lowest BCUT2D eigenvalue weighted by Gasteiger charge is -2.14. The Morgan fingerprint density at radius 2 is 2.18 bits per heavy atom. The highest BCUT2D eigenvalue weighted by Gasteiger charge is 2.06. The number of benzene rings is 1. The third-order valence-corrected chi connectivity index (χ3v) is 2.76. The van der Waals surface area contributed by atoms with Gasteiger partial charge in [0.1, 0.15) is 11.5 Å². The van der Waals surface area contributed by atoms with Gasteiger partial charge in [0.15, 0.2) is 0 Å². The highest BCUT2D eigenvalue weighted by atomic mass is 16.5. The average molecular weight is 231 g/mol. The number of hydrogen-bond acceptors (Lipinski definition) is 3. The van der Waals surface area contributed by atoms with Crippen LogP contribution in [0.1, 0.15) is 24.3 Å². The van der Waals surface area contributed by atoms with Gasteiger partial charge >= 0.3 is 0 Å². The Hall–Kier alpha value is -1.74. The Morgan fingerprint density at radius 1 is 1.29 bits per heavy atom. The molecule has 90 valence electrons. The van der Waals surface area contributed by atoms with Crippen molar-refractivity contribution in [3.63, 3.8) is 0 Å². The summed E-state index contributed by atoms with van der Waals surface area (Å²) in [5, 5.41) is 3.40. The topological polar surface area (TPSA) is 34.4 Å². The molecule has 0 amide bonds. The van der Waals surface area contributed by atoms with Gasteiger partial charge < -0.3 is 14.5 Å². The summed E-state index contributed by atoms with van der Waals surface area (Å²) in [6.07, 6.45) is 1.69. The van der Waals surface area contributed by atoms with Gasteiger partial charge in [-0.2, -0.15) is 0 Å². The van der Waals surface area contributed by atoms with Crippen LogP contribution in [-0.4, -0.2) is 7.11 Å². The first-order valence-electron chi connectivity index (χ1n) is 5.69. The fraction of sp³-hybridized carbons (Fsp3) is 0.286. The predicted octanol–water partition coefficient (Wildman–Crippen LogP) is 3.14. The first-order valence-corrected chi connectivity index (χ1v) is 5.69. The fourth-order valence-electron chi connectivity index (χ4n) is 1.70. The van der Waals surface area contributed by atoms with Crippen molar-refractivity contribution in [2.75, 3.05) is 7.11 Å². The quantitative estimate of drug-likeness (QED) is 0.858. The minimum absolute atomic E-state index is 0.259. The number of methoxy groups -OCH3 is 1. The summed E-state index contributed by atoms with van der Waals surface area (Å²) in [6.45, 7) is 2.85. The van der Waals surface area contributed by atoms with Gasteiger partial charge in [-0.15, -0.1) is 0 Å². The first kappa shape index (κ1) is 11.7. The number of ether oxygens (including phenoxy) is 1. The maximum atomic E-state index is 5.28. The van der Waals surface area contributed by atoms with Crippen molar-refractivity contribution >= 4 is 0 Å². The Morgan fingerprint density at radius 3 is 2.88 bits per heavy atom. The van der Waals surface area contributed by atoms with Crippen LogP contribution in [0.25, 0.3) is 0 Å². The number of hydrogen-bond donors (Lipinski definition) is 1. The van der Waals surface area contributed by atoms with Gasteiger partial charge in [0.25, 0.3) is 0 Å². The molecule has 0 fully saturated rings. The van der Waals surface area contributed by atoms with Gasteiger partial charge in [-0.05, 0) is 36.8 Å². The molecule has 0 aliphatic heterocycles. The lowest BCUT2D eigenvalue weighted by atomic mass is 10.1. The Balaban J connectivity index is 1.96. The van der Waals surface area contributed by atoms with Crippen LogP contribution in [0.2, 0.25) is 0 Å². The Kier molecular flexibility index (Phi) is 3.83. The first-order chi connectivity index (χ1) is 8.29. The van der Waals surface area contributed by atoms with Crippen LogP contribution in [0.4, 0.5) is 0 Å². The third kappa shape index (κ3) is 3.11. The van der Waals surface area contributed by atoms with Crippen molar-refractivity contribution in [3.8, 4) is 5.75 Å². The molecule has 0 saturated heterocycles. The highest BCUT2D eigenvalue weighted by molar-refractivity contribution is 5.30. The molecule has 3 heteroatoms. The fourth-order valence-corrected chi connectivity index (χ4v) is 1.70. The number of furan rings is 1. The van der Waals surface area contributed by atoms with Gasteiger partial charge in [-0.1, -0.05) is 12.1 Å². The van der Waals surface area contributed by atoms with E-state index in [4.69, 9.17) is 9.15 Å². The van der Waals surface area contributed by atoms with Crippen LogP contribution in [0.5, 0.6) is 5.75 Å². The Bertz CT molecular complexity index is 451. The van der Waals surface area contributed by atoms with Gasteiger partial charge in [-0.25, -0.2) is 0 Å².